The third-order valence-electron chi connectivity index (χ3n) is 5.20. The Labute approximate surface area is 154 Å². The van der Waals surface area contributed by atoms with E-state index in [1.165, 1.54) is 25.7 Å². The molecule has 2 fully saturated rings. The monoisotopic (exact) mass is 362 g/mol. The lowest BCUT2D eigenvalue weighted by Crippen LogP contribution is -2.43. The molecule has 8 nitrogen and oxygen atoms in total. The highest BCUT2D eigenvalue weighted by molar-refractivity contribution is 5.82. The van der Waals surface area contributed by atoms with Crippen molar-refractivity contribution in [2.24, 2.45) is 5.92 Å². The van der Waals surface area contributed by atoms with Gasteiger partial charge in [-0.15, -0.1) is 5.10 Å². The molecule has 1 aliphatic carbocycles. The Morgan fingerprint density at radius 3 is 2.85 bits per heavy atom. The van der Waals surface area contributed by atoms with Crippen LogP contribution in [0.4, 0.5) is 0 Å². The van der Waals surface area contributed by atoms with Crippen molar-refractivity contribution in [1.82, 2.24) is 30.9 Å². The number of nitrogens with one attached hydrogen (secondary N) is 3. The molecule has 0 spiro atoms. The molecule has 1 saturated heterocycles. The van der Waals surface area contributed by atoms with Gasteiger partial charge in [0.2, 0.25) is 11.8 Å². The second-order valence-electron chi connectivity index (χ2n) is 7.83. The number of rotatable bonds is 7. The molecule has 2 heterocycles. The molecule has 0 aromatic carbocycles. The van der Waals surface area contributed by atoms with Crippen LogP contribution in [0, 0.1) is 5.92 Å². The quantitative estimate of drug-likeness (QED) is 0.669. The molecule has 8 heteroatoms. The maximum absolute atomic E-state index is 12.1. The van der Waals surface area contributed by atoms with E-state index in [2.05, 4.69) is 26.3 Å². The summed E-state index contributed by atoms with van der Waals surface area (Å²) in [6.07, 6.45) is 8.01. The van der Waals surface area contributed by atoms with E-state index in [0.717, 1.165) is 5.69 Å². The average Bonchev–Trinajstić information content (AvgIpc) is 3.33. The second-order valence-corrected chi connectivity index (χ2v) is 7.83. The standard InChI is InChI=1S/C18H30N6O2/c1-12(2)21-18(26)16-8-15(10-19-16)24-11-14(22-23-24)9-20-17(25)7-13-5-3-4-6-13/h11-13,15-16,19H,3-10H2,1-2H3,(H,20,25)(H,21,26)/t15-,16+/m1/s1. The predicted octanol–water partition coefficient (Wildman–Crippen LogP) is 0.902. The first kappa shape index (κ1) is 18.8. The Kier molecular flexibility index (Phi) is 6.24. The van der Waals surface area contributed by atoms with E-state index in [1.54, 1.807) is 4.68 Å². The van der Waals surface area contributed by atoms with Crippen molar-refractivity contribution in [3.63, 3.8) is 0 Å². The Balaban J connectivity index is 1.44. The van der Waals surface area contributed by atoms with Crippen molar-refractivity contribution in [3.8, 4) is 0 Å². The molecule has 2 aliphatic rings. The van der Waals surface area contributed by atoms with Gasteiger partial charge in [0, 0.05) is 19.0 Å². The van der Waals surface area contributed by atoms with Gasteiger partial charge < -0.3 is 16.0 Å². The minimum Gasteiger partial charge on any atom is -0.353 e. The topological polar surface area (TPSA) is 101 Å². The van der Waals surface area contributed by atoms with E-state index in [-0.39, 0.29) is 29.9 Å². The van der Waals surface area contributed by atoms with Crippen molar-refractivity contribution in [3.05, 3.63) is 11.9 Å². The Hall–Kier alpha value is -1.96. The van der Waals surface area contributed by atoms with Crippen LogP contribution in [0.1, 0.15) is 64.1 Å². The molecular weight excluding hydrogens is 332 g/mol. The number of hydrogen-bond donors (Lipinski definition) is 3. The third-order valence-corrected chi connectivity index (χ3v) is 5.20. The number of carbonyl (C=O) groups is 2. The fourth-order valence-corrected chi connectivity index (χ4v) is 3.81. The van der Waals surface area contributed by atoms with E-state index < -0.39 is 0 Å². The van der Waals surface area contributed by atoms with Crippen molar-refractivity contribution in [2.45, 2.75) is 77.0 Å². The molecule has 1 saturated carbocycles. The van der Waals surface area contributed by atoms with Gasteiger partial charge in [0.25, 0.3) is 0 Å². The van der Waals surface area contributed by atoms with Gasteiger partial charge in [-0.2, -0.15) is 0 Å². The summed E-state index contributed by atoms with van der Waals surface area (Å²) in [7, 11) is 0. The van der Waals surface area contributed by atoms with Crippen LogP contribution in [0.3, 0.4) is 0 Å². The van der Waals surface area contributed by atoms with E-state index >= 15 is 0 Å². The minimum absolute atomic E-state index is 0.0296. The summed E-state index contributed by atoms with van der Waals surface area (Å²) >= 11 is 0. The number of carbonyl (C=O) groups excluding carboxylic acids is 2. The Bertz CT molecular complexity index is 623. The summed E-state index contributed by atoms with van der Waals surface area (Å²) in [5, 5.41) is 17.4. The van der Waals surface area contributed by atoms with E-state index in [1.807, 2.05) is 20.0 Å². The van der Waals surface area contributed by atoms with Gasteiger partial charge >= 0.3 is 0 Å². The molecule has 0 bridgehead atoms. The number of amides is 2. The Morgan fingerprint density at radius 1 is 1.35 bits per heavy atom. The highest BCUT2D eigenvalue weighted by atomic mass is 16.2. The van der Waals surface area contributed by atoms with Gasteiger partial charge in [-0.3, -0.25) is 9.59 Å². The molecule has 0 radical (unpaired) electrons. The first-order valence-electron chi connectivity index (χ1n) is 9.72. The number of aromatic nitrogens is 3. The fourth-order valence-electron chi connectivity index (χ4n) is 3.81. The minimum atomic E-state index is -0.193. The van der Waals surface area contributed by atoms with Gasteiger partial charge in [0.05, 0.1) is 24.8 Å². The maximum atomic E-state index is 12.1. The zero-order valence-corrected chi connectivity index (χ0v) is 15.7. The summed E-state index contributed by atoms with van der Waals surface area (Å²) < 4.78 is 1.80. The van der Waals surface area contributed by atoms with E-state index in [9.17, 15) is 9.59 Å². The van der Waals surface area contributed by atoms with Crippen LogP contribution in [0.5, 0.6) is 0 Å². The lowest BCUT2D eigenvalue weighted by atomic mass is 10.0. The van der Waals surface area contributed by atoms with Crippen LogP contribution >= 0.6 is 0 Å². The highest BCUT2D eigenvalue weighted by Crippen LogP contribution is 2.27. The van der Waals surface area contributed by atoms with E-state index in [0.29, 0.717) is 31.8 Å². The molecular formula is C18H30N6O2. The lowest BCUT2D eigenvalue weighted by molar-refractivity contribution is -0.123. The van der Waals surface area contributed by atoms with Crippen LogP contribution in [-0.4, -0.2) is 45.4 Å². The molecule has 2 atom stereocenters. The van der Waals surface area contributed by atoms with Crippen LogP contribution in [0.15, 0.2) is 6.20 Å². The molecule has 1 aromatic rings. The van der Waals surface area contributed by atoms with Gasteiger partial charge in [-0.1, -0.05) is 18.1 Å². The summed E-state index contributed by atoms with van der Waals surface area (Å²) in [5.74, 6) is 0.672. The van der Waals surface area contributed by atoms with Gasteiger partial charge in [-0.25, -0.2) is 4.68 Å². The van der Waals surface area contributed by atoms with Crippen molar-refractivity contribution >= 4 is 11.8 Å². The molecule has 26 heavy (non-hydrogen) atoms. The van der Waals surface area contributed by atoms with Crippen molar-refractivity contribution in [1.29, 1.82) is 0 Å². The average molecular weight is 362 g/mol. The van der Waals surface area contributed by atoms with Crippen LogP contribution in [-0.2, 0) is 16.1 Å². The van der Waals surface area contributed by atoms with Gasteiger partial charge in [0.15, 0.2) is 0 Å². The Morgan fingerprint density at radius 2 is 2.12 bits per heavy atom. The smallest absolute Gasteiger partial charge is 0.237 e. The highest BCUT2D eigenvalue weighted by Gasteiger charge is 2.31. The maximum Gasteiger partial charge on any atom is 0.237 e. The van der Waals surface area contributed by atoms with Crippen LogP contribution in [0.2, 0.25) is 0 Å². The van der Waals surface area contributed by atoms with Crippen molar-refractivity contribution < 1.29 is 9.59 Å². The second kappa shape index (κ2) is 8.62. The first-order valence-corrected chi connectivity index (χ1v) is 9.72. The third kappa shape index (κ3) is 5.03. The molecule has 144 valence electrons. The first-order chi connectivity index (χ1) is 12.5. The SMILES string of the molecule is CC(C)NC(=O)[C@@H]1C[C@@H](n2cc(CNC(=O)CC3CCCC3)nn2)CN1. The largest absolute Gasteiger partial charge is 0.353 e. The predicted molar refractivity (Wildman–Crippen MR) is 97.2 cm³/mol. The number of hydrogen-bond acceptors (Lipinski definition) is 5. The summed E-state index contributed by atoms with van der Waals surface area (Å²) in [6.45, 7) is 5.00. The molecule has 1 aliphatic heterocycles. The van der Waals surface area contributed by atoms with E-state index in [4.69, 9.17) is 0 Å². The number of nitrogens with zero attached hydrogens (tertiary/aromatic N) is 3. The summed E-state index contributed by atoms with van der Waals surface area (Å²) in [5.41, 5.74) is 0.750. The van der Waals surface area contributed by atoms with Crippen molar-refractivity contribution in [2.75, 3.05) is 6.54 Å². The zero-order chi connectivity index (χ0) is 18.5. The zero-order valence-electron chi connectivity index (χ0n) is 15.7. The molecule has 1 aromatic heterocycles. The fraction of sp³-hybridized carbons (Fsp3) is 0.778. The molecule has 2 amide bonds. The summed E-state index contributed by atoms with van der Waals surface area (Å²) in [4.78, 5) is 24.1. The summed E-state index contributed by atoms with van der Waals surface area (Å²) in [6, 6.07) is 0.0451. The van der Waals surface area contributed by atoms with Gasteiger partial charge in [-0.05, 0) is 39.0 Å². The van der Waals surface area contributed by atoms with Crippen LogP contribution < -0.4 is 16.0 Å². The normalized spacial score (nSPS) is 23.5. The lowest BCUT2D eigenvalue weighted by Gasteiger charge is -2.13. The molecule has 3 N–H and O–H groups in total. The molecule has 0 unspecified atom stereocenters. The van der Waals surface area contributed by atoms with Gasteiger partial charge in [0.1, 0.15) is 5.69 Å². The van der Waals surface area contributed by atoms with Crippen LogP contribution in [0.25, 0.3) is 0 Å². The molecule has 3 rings (SSSR count).